The van der Waals surface area contributed by atoms with Crippen LogP contribution in [0.15, 0.2) is 102 Å². The van der Waals surface area contributed by atoms with Gasteiger partial charge in [0.1, 0.15) is 22.1 Å². The number of carbonyl (C=O) groups excluding carboxylic acids is 1. The molecular formula is C39H39F3N7O6S-. The van der Waals surface area contributed by atoms with Crippen LogP contribution in [0.3, 0.4) is 0 Å². The number of rotatable bonds is 9. The Hall–Kier alpha value is -5.91. The molecule has 0 radical (unpaired) electrons. The molecule has 4 heterocycles. The summed E-state index contributed by atoms with van der Waals surface area (Å²) in [5.41, 5.74) is 11.7. The van der Waals surface area contributed by atoms with Gasteiger partial charge in [-0.05, 0) is 67.9 Å². The van der Waals surface area contributed by atoms with E-state index in [9.17, 15) is 26.4 Å². The van der Waals surface area contributed by atoms with E-state index < -0.39 is 22.9 Å². The highest BCUT2D eigenvalue weighted by molar-refractivity contribution is 7.86. The highest BCUT2D eigenvalue weighted by atomic mass is 32.2. The van der Waals surface area contributed by atoms with Gasteiger partial charge in [-0.2, -0.15) is 26.7 Å². The van der Waals surface area contributed by atoms with Gasteiger partial charge < -0.3 is 24.7 Å². The van der Waals surface area contributed by atoms with Crippen molar-refractivity contribution < 1.29 is 40.4 Å². The van der Waals surface area contributed by atoms with Gasteiger partial charge in [-0.15, -0.1) is 5.69 Å². The zero-order valence-corrected chi connectivity index (χ0v) is 31.5. The highest BCUT2D eigenvalue weighted by Gasteiger charge is 2.29. The molecule has 0 saturated carbocycles. The van der Waals surface area contributed by atoms with Gasteiger partial charge in [0.15, 0.2) is 6.61 Å². The van der Waals surface area contributed by atoms with Gasteiger partial charge in [0.05, 0.1) is 22.6 Å². The monoisotopic (exact) mass is 790 g/mol. The van der Waals surface area contributed by atoms with E-state index in [1.807, 2.05) is 71.1 Å². The molecule has 3 aromatic carbocycles. The third-order valence-electron chi connectivity index (χ3n) is 9.07. The number of nitrogens with zero attached hydrogens (tertiary/aromatic N) is 6. The first-order chi connectivity index (χ1) is 26.6. The van der Waals surface area contributed by atoms with Crippen LogP contribution in [0.4, 0.5) is 18.9 Å². The van der Waals surface area contributed by atoms with Crippen molar-refractivity contribution in [1.29, 1.82) is 0 Å². The minimum absolute atomic E-state index is 0.0466. The fourth-order valence-electron chi connectivity index (χ4n) is 6.35. The van der Waals surface area contributed by atoms with E-state index in [0.29, 0.717) is 61.4 Å². The van der Waals surface area contributed by atoms with Crippen molar-refractivity contribution in [3.63, 3.8) is 0 Å². The number of benzene rings is 3. The number of carbonyl (C=O) groups is 1. The molecular weight excluding hydrogens is 752 g/mol. The Morgan fingerprint density at radius 2 is 1.59 bits per heavy atom. The second-order valence-electron chi connectivity index (χ2n) is 13.1. The average molecular weight is 791 g/mol. The number of para-hydroxylation sites is 1. The number of alkyl halides is 3. The summed E-state index contributed by atoms with van der Waals surface area (Å²) in [5.74, 6) is 1.11. The molecule has 13 nitrogen and oxygen atoms in total. The van der Waals surface area contributed by atoms with Crippen molar-refractivity contribution >= 4 is 32.6 Å². The lowest BCUT2D eigenvalue weighted by Crippen LogP contribution is -2.48. The number of ether oxygens (including phenoxy) is 2. The Bertz CT molecular complexity index is 2410. The van der Waals surface area contributed by atoms with Crippen molar-refractivity contribution in [1.82, 2.24) is 29.1 Å². The molecule has 0 bridgehead atoms. The van der Waals surface area contributed by atoms with Gasteiger partial charge in [0.2, 0.25) is 5.88 Å². The van der Waals surface area contributed by atoms with Gasteiger partial charge in [0.25, 0.3) is 16.0 Å². The maximum absolute atomic E-state index is 13.4. The first-order valence-corrected chi connectivity index (χ1v) is 18.8. The van der Waals surface area contributed by atoms with Crippen LogP contribution < -0.4 is 9.47 Å². The van der Waals surface area contributed by atoms with Crippen LogP contribution in [-0.2, 0) is 23.7 Å². The van der Waals surface area contributed by atoms with Gasteiger partial charge in [-0.3, -0.25) is 14.2 Å². The van der Waals surface area contributed by atoms with Crippen LogP contribution in [0.5, 0.6) is 17.4 Å². The predicted molar refractivity (Wildman–Crippen MR) is 203 cm³/mol. The van der Waals surface area contributed by atoms with Crippen molar-refractivity contribution in [2.45, 2.75) is 31.5 Å². The maximum Gasteiger partial charge on any atom is 0.422 e. The summed E-state index contributed by atoms with van der Waals surface area (Å²) in [6.45, 7) is 4.99. The Labute approximate surface area is 321 Å². The molecule has 1 saturated heterocycles. The number of hydrogen-bond acceptors (Lipinski definition) is 8. The molecule has 56 heavy (non-hydrogen) atoms. The largest absolute Gasteiger partial charge is 0.697 e. The van der Waals surface area contributed by atoms with Crippen LogP contribution in [-0.4, -0.2) is 87.0 Å². The number of aromatic nitrogens is 4. The molecule has 7 rings (SSSR count). The summed E-state index contributed by atoms with van der Waals surface area (Å²) >= 11 is 0. The van der Waals surface area contributed by atoms with Crippen LogP contribution in [0.25, 0.3) is 22.3 Å². The molecule has 3 aromatic heterocycles. The topological polar surface area (TPSA) is 156 Å². The molecule has 1 aliphatic rings. The number of hydrogen-bond donors (Lipinski definition) is 1. The number of halogens is 3. The normalized spacial score (nSPS) is 13.7. The summed E-state index contributed by atoms with van der Waals surface area (Å²) < 4.78 is 82.5. The first-order valence-electron chi connectivity index (χ1n) is 17.4. The zero-order chi connectivity index (χ0) is 40.2. The van der Waals surface area contributed by atoms with E-state index >= 15 is 0 Å². The predicted octanol–water partition coefficient (Wildman–Crippen LogP) is 7.68. The maximum atomic E-state index is 13.4. The Morgan fingerprint density at radius 1 is 0.911 bits per heavy atom. The standard InChI is InChI=1S/C28H27F3N5O3.C11H12N2O3S/c1-34-24-15-23(39-26-9-5-21(32)16-33-26)8-4-20(24)14-25(34)27(37)36-12-10-35(11-13-36)17-19-2-6-22(7-3-19)38-18-28(29,30)31;1-8-11(17(14,15)16)9(2)13(12-8)10-6-4-3-5-7-10/h2-9,14-16,32H,10-13,17-18H2,1H3;3-7H,1-2H3,(H,14,15,16)/q-1;. The fourth-order valence-corrected chi connectivity index (χ4v) is 7.22. The lowest BCUT2D eigenvalue weighted by molar-refractivity contribution is -0.153. The van der Waals surface area contributed by atoms with E-state index in [-0.39, 0.29) is 22.2 Å². The molecule has 0 aliphatic carbocycles. The number of pyridine rings is 1. The highest BCUT2D eigenvalue weighted by Crippen LogP contribution is 2.28. The minimum atomic E-state index is -4.37. The molecule has 1 fully saturated rings. The number of fused-ring (bicyclic) bond motifs is 1. The smallest absolute Gasteiger partial charge is 0.422 e. The van der Waals surface area contributed by atoms with Gasteiger partial charge in [-0.25, -0.2) is 9.67 Å². The van der Waals surface area contributed by atoms with Crippen LogP contribution in [0.2, 0.25) is 0 Å². The third kappa shape index (κ3) is 9.66. The van der Waals surface area contributed by atoms with E-state index in [4.69, 9.17) is 19.8 Å². The Balaban J connectivity index is 0.000000261. The molecule has 6 aromatic rings. The molecule has 17 heteroatoms. The number of piperazine rings is 1. The average Bonchev–Trinajstić information content (AvgIpc) is 3.66. The zero-order valence-electron chi connectivity index (χ0n) is 30.7. The van der Waals surface area contributed by atoms with Gasteiger partial charge >= 0.3 is 6.18 Å². The number of aryl methyl sites for hydroxylation is 2. The Kier molecular flexibility index (Phi) is 11.7. The summed E-state index contributed by atoms with van der Waals surface area (Å²) in [5, 5.41) is 5.04. The Morgan fingerprint density at radius 3 is 2.20 bits per heavy atom. The van der Waals surface area contributed by atoms with Crippen LogP contribution in [0.1, 0.15) is 27.4 Å². The SMILES string of the molecule is Cc1nn(-c2ccccc2)c(C)c1S(=O)(=O)O.Cn1c(C(=O)N2CCN(Cc3ccc(OCC(F)(F)F)cc3)CC2)cc2ccc(Oc3ccc([NH-])cn3)cc21. The molecule has 1 aliphatic heterocycles. The van der Waals surface area contributed by atoms with E-state index in [0.717, 1.165) is 22.2 Å². The first kappa shape index (κ1) is 39.8. The van der Waals surface area contributed by atoms with Crippen LogP contribution >= 0.6 is 0 Å². The van der Waals surface area contributed by atoms with Gasteiger partial charge in [-0.1, -0.05) is 36.4 Å². The number of amides is 1. The summed E-state index contributed by atoms with van der Waals surface area (Å²) in [7, 11) is -2.38. The third-order valence-corrected chi connectivity index (χ3v) is 10.2. The second kappa shape index (κ2) is 16.4. The van der Waals surface area contributed by atoms with Crippen molar-refractivity contribution in [3.05, 3.63) is 126 Å². The quantitative estimate of drug-likeness (QED) is 0.145. The van der Waals surface area contributed by atoms with E-state index in [1.54, 1.807) is 50.2 Å². The number of nitrogens with one attached hydrogen (secondary N) is 1. The molecule has 1 amide bonds. The van der Waals surface area contributed by atoms with Crippen molar-refractivity contribution in [2.24, 2.45) is 7.05 Å². The fraction of sp³-hybridized carbons (Fsp3) is 0.256. The van der Waals surface area contributed by atoms with Gasteiger partial charge in [0, 0.05) is 57.4 Å². The summed E-state index contributed by atoms with van der Waals surface area (Å²) in [6.07, 6.45) is -2.95. The van der Waals surface area contributed by atoms with Crippen molar-refractivity contribution in [2.75, 3.05) is 32.8 Å². The molecule has 0 spiro atoms. The second-order valence-corrected chi connectivity index (χ2v) is 14.5. The molecule has 0 atom stereocenters. The summed E-state index contributed by atoms with van der Waals surface area (Å²) in [4.78, 5) is 21.4. The van der Waals surface area contributed by atoms with E-state index in [1.165, 1.54) is 10.9 Å². The van der Waals surface area contributed by atoms with Crippen molar-refractivity contribution in [3.8, 4) is 23.1 Å². The molecule has 2 N–H and O–H groups in total. The molecule has 294 valence electrons. The van der Waals surface area contributed by atoms with E-state index in [2.05, 4.69) is 15.0 Å². The minimum Gasteiger partial charge on any atom is -0.697 e. The lowest BCUT2D eigenvalue weighted by Gasteiger charge is -2.34. The summed E-state index contributed by atoms with van der Waals surface area (Å²) in [6, 6.07) is 26.5. The lowest BCUT2D eigenvalue weighted by atomic mass is 10.2. The van der Waals surface area contributed by atoms with Crippen LogP contribution in [0, 0.1) is 13.8 Å². The molecule has 0 unspecified atom stereocenters.